The van der Waals surface area contributed by atoms with Crippen molar-refractivity contribution in [1.29, 1.82) is 0 Å². The van der Waals surface area contributed by atoms with Gasteiger partial charge in [0.1, 0.15) is 11.8 Å². The third kappa shape index (κ3) is 3.19. The summed E-state index contributed by atoms with van der Waals surface area (Å²) in [6.45, 7) is 2.55. The van der Waals surface area contributed by atoms with Gasteiger partial charge in [-0.1, -0.05) is 29.8 Å². The molecule has 0 spiro atoms. The molecule has 2 aromatic carbocycles. The highest BCUT2D eigenvalue weighted by Crippen LogP contribution is 2.16. The average Bonchev–Trinajstić information content (AvgIpc) is 3.10. The van der Waals surface area contributed by atoms with Gasteiger partial charge in [-0.15, -0.1) is 0 Å². The number of nitrogens with one attached hydrogen (secondary N) is 1. The Morgan fingerprint density at radius 1 is 1.04 bits per heavy atom. The van der Waals surface area contributed by atoms with E-state index in [0.29, 0.717) is 12.1 Å². The van der Waals surface area contributed by atoms with E-state index in [1.807, 2.05) is 66.1 Å². The molecule has 1 amide bonds. The molecule has 0 unspecified atom stereocenters. The second-order valence-corrected chi connectivity index (χ2v) is 6.18. The average molecular weight is 342 g/mol. The van der Waals surface area contributed by atoms with E-state index in [2.05, 4.69) is 21.4 Å². The molecule has 0 aliphatic rings. The van der Waals surface area contributed by atoms with Crippen LogP contribution in [-0.4, -0.2) is 20.4 Å². The summed E-state index contributed by atoms with van der Waals surface area (Å²) in [7, 11) is 0. The number of aromatic nitrogens is 3. The lowest BCUT2D eigenvalue weighted by Gasteiger charge is -2.08. The Hall–Kier alpha value is -3.47. The van der Waals surface area contributed by atoms with Crippen LogP contribution in [0.4, 0.5) is 0 Å². The first kappa shape index (κ1) is 16.0. The van der Waals surface area contributed by atoms with E-state index in [9.17, 15) is 4.79 Å². The number of benzene rings is 2. The van der Waals surface area contributed by atoms with E-state index in [4.69, 9.17) is 0 Å². The van der Waals surface area contributed by atoms with Crippen LogP contribution in [0, 0.1) is 6.92 Å². The van der Waals surface area contributed by atoms with Crippen LogP contribution in [-0.2, 0) is 6.54 Å². The summed E-state index contributed by atoms with van der Waals surface area (Å²) in [6.07, 6.45) is 3.48. The van der Waals surface area contributed by atoms with Gasteiger partial charge in [-0.3, -0.25) is 9.36 Å². The van der Waals surface area contributed by atoms with Gasteiger partial charge in [0.2, 0.25) is 0 Å². The van der Waals surface area contributed by atoms with Gasteiger partial charge in [-0.05, 0) is 48.9 Å². The Morgan fingerprint density at radius 2 is 1.88 bits per heavy atom. The summed E-state index contributed by atoms with van der Waals surface area (Å²) in [5.41, 5.74) is 5.45. The van der Waals surface area contributed by atoms with E-state index >= 15 is 0 Å². The lowest BCUT2D eigenvalue weighted by atomic mass is 10.1. The number of fused-ring (bicyclic) bond motifs is 1. The fourth-order valence-corrected chi connectivity index (χ4v) is 2.92. The standard InChI is InChI=1S/C21H18N4O/c1-15-4-2-5-16(12-15)13-23-21(26)17-7-9-18(10-8-17)25-14-24-19-6-3-11-22-20(19)25/h2-12,14H,13H2,1H3,(H,23,26). The molecule has 5 nitrogen and oxygen atoms in total. The van der Waals surface area contributed by atoms with Crippen molar-refractivity contribution in [2.75, 3.05) is 0 Å². The maximum absolute atomic E-state index is 12.4. The number of amides is 1. The van der Waals surface area contributed by atoms with Gasteiger partial charge < -0.3 is 5.32 Å². The summed E-state index contributed by atoms with van der Waals surface area (Å²) in [4.78, 5) is 21.1. The number of imidazole rings is 1. The van der Waals surface area contributed by atoms with Crippen molar-refractivity contribution < 1.29 is 4.79 Å². The summed E-state index contributed by atoms with van der Waals surface area (Å²) >= 11 is 0. The Morgan fingerprint density at radius 3 is 2.69 bits per heavy atom. The Kier molecular flexibility index (Phi) is 4.19. The van der Waals surface area contributed by atoms with Crippen LogP contribution in [0.5, 0.6) is 0 Å². The third-order valence-electron chi connectivity index (χ3n) is 4.25. The molecule has 2 aromatic heterocycles. The number of hydrogen-bond donors (Lipinski definition) is 1. The van der Waals surface area contributed by atoms with E-state index < -0.39 is 0 Å². The second kappa shape index (κ2) is 6.80. The SMILES string of the molecule is Cc1cccc(CNC(=O)c2ccc(-n3cnc4cccnc43)cc2)c1. The third-order valence-corrected chi connectivity index (χ3v) is 4.25. The van der Waals surface area contributed by atoms with Crippen LogP contribution < -0.4 is 5.32 Å². The summed E-state index contributed by atoms with van der Waals surface area (Å²) in [5.74, 6) is -0.0910. The minimum Gasteiger partial charge on any atom is -0.348 e. The Balaban J connectivity index is 1.49. The molecule has 2 heterocycles. The summed E-state index contributed by atoms with van der Waals surface area (Å²) in [5, 5.41) is 2.96. The largest absolute Gasteiger partial charge is 0.348 e. The van der Waals surface area contributed by atoms with Gasteiger partial charge in [0.15, 0.2) is 5.65 Å². The lowest BCUT2D eigenvalue weighted by molar-refractivity contribution is 0.0951. The zero-order chi connectivity index (χ0) is 17.9. The topological polar surface area (TPSA) is 59.8 Å². The van der Waals surface area contributed by atoms with Crippen LogP contribution in [0.25, 0.3) is 16.9 Å². The zero-order valence-corrected chi connectivity index (χ0v) is 14.4. The van der Waals surface area contributed by atoms with Gasteiger partial charge in [0.25, 0.3) is 5.91 Å². The maximum atomic E-state index is 12.4. The minimum atomic E-state index is -0.0910. The van der Waals surface area contributed by atoms with Crippen LogP contribution >= 0.6 is 0 Å². The van der Waals surface area contributed by atoms with Crippen LogP contribution in [0.3, 0.4) is 0 Å². The molecule has 128 valence electrons. The molecule has 26 heavy (non-hydrogen) atoms. The lowest BCUT2D eigenvalue weighted by Crippen LogP contribution is -2.22. The fourth-order valence-electron chi connectivity index (χ4n) is 2.92. The first-order chi connectivity index (χ1) is 12.7. The van der Waals surface area contributed by atoms with Crippen molar-refractivity contribution in [2.45, 2.75) is 13.5 Å². The quantitative estimate of drug-likeness (QED) is 0.616. The minimum absolute atomic E-state index is 0.0910. The van der Waals surface area contributed by atoms with Gasteiger partial charge in [-0.25, -0.2) is 9.97 Å². The molecule has 0 fully saturated rings. The highest BCUT2D eigenvalue weighted by atomic mass is 16.1. The van der Waals surface area contributed by atoms with E-state index in [1.54, 1.807) is 12.5 Å². The van der Waals surface area contributed by atoms with E-state index in [1.165, 1.54) is 5.56 Å². The van der Waals surface area contributed by atoms with Gasteiger partial charge in [0.05, 0.1) is 0 Å². The Labute approximate surface area is 151 Å². The summed E-state index contributed by atoms with van der Waals surface area (Å²) < 4.78 is 1.91. The van der Waals surface area contributed by atoms with E-state index in [-0.39, 0.29) is 5.91 Å². The molecule has 5 heteroatoms. The molecule has 4 aromatic rings. The number of hydrogen-bond acceptors (Lipinski definition) is 3. The number of aryl methyl sites for hydroxylation is 1. The van der Waals surface area contributed by atoms with Crippen molar-refractivity contribution in [1.82, 2.24) is 19.9 Å². The van der Waals surface area contributed by atoms with Crippen LogP contribution in [0.15, 0.2) is 73.2 Å². The summed E-state index contributed by atoms with van der Waals surface area (Å²) in [6, 6.07) is 19.3. The predicted octanol–water partition coefficient (Wildman–Crippen LogP) is 3.66. The number of pyridine rings is 1. The first-order valence-corrected chi connectivity index (χ1v) is 8.43. The highest BCUT2D eigenvalue weighted by molar-refractivity contribution is 5.94. The van der Waals surface area contributed by atoms with Gasteiger partial charge in [-0.2, -0.15) is 0 Å². The maximum Gasteiger partial charge on any atom is 0.251 e. The number of nitrogens with zero attached hydrogens (tertiary/aromatic N) is 3. The number of carbonyl (C=O) groups excluding carboxylic acids is 1. The molecule has 0 radical (unpaired) electrons. The molecular formula is C21H18N4O. The van der Waals surface area contributed by atoms with Crippen molar-refractivity contribution >= 4 is 17.1 Å². The van der Waals surface area contributed by atoms with E-state index in [0.717, 1.165) is 22.4 Å². The van der Waals surface area contributed by atoms with Crippen LogP contribution in [0.2, 0.25) is 0 Å². The Bertz CT molecular complexity index is 1070. The molecule has 0 aliphatic carbocycles. The highest BCUT2D eigenvalue weighted by Gasteiger charge is 2.08. The van der Waals surface area contributed by atoms with Crippen molar-refractivity contribution in [3.05, 3.63) is 89.9 Å². The monoisotopic (exact) mass is 342 g/mol. The van der Waals surface area contributed by atoms with Crippen molar-refractivity contribution in [3.8, 4) is 5.69 Å². The number of carbonyl (C=O) groups is 1. The van der Waals surface area contributed by atoms with Crippen molar-refractivity contribution in [2.24, 2.45) is 0 Å². The number of rotatable bonds is 4. The second-order valence-electron chi connectivity index (χ2n) is 6.18. The fraction of sp³-hybridized carbons (Fsp3) is 0.0952. The molecule has 0 atom stereocenters. The molecule has 0 aliphatic heterocycles. The smallest absolute Gasteiger partial charge is 0.251 e. The van der Waals surface area contributed by atoms with Crippen molar-refractivity contribution in [3.63, 3.8) is 0 Å². The molecule has 0 bridgehead atoms. The molecule has 0 saturated heterocycles. The molecule has 1 N–H and O–H groups in total. The first-order valence-electron chi connectivity index (χ1n) is 8.43. The predicted molar refractivity (Wildman–Crippen MR) is 101 cm³/mol. The van der Waals surface area contributed by atoms with Gasteiger partial charge >= 0.3 is 0 Å². The normalized spacial score (nSPS) is 10.8. The zero-order valence-electron chi connectivity index (χ0n) is 14.4. The van der Waals surface area contributed by atoms with Gasteiger partial charge in [0, 0.05) is 24.0 Å². The molecule has 4 rings (SSSR count). The molecule has 0 saturated carbocycles. The molecular weight excluding hydrogens is 324 g/mol. The van der Waals surface area contributed by atoms with Crippen LogP contribution in [0.1, 0.15) is 21.5 Å².